The number of amides is 1. The highest BCUT2D eigenvalue weighted by atomic mass is 16.5. The minimum atomic E-state index is -1.21. The van der Waals surface area contributed by atoms with Crippen LogP contribution in [0.25, 0.3) is 11.1 Å². The Morgan fingerprint density at radius 1 is 1.43 bits per heavy atom. The topological polar surface area (TPSA) is 126 Å². The number of carboxylic acids is 1. The van der Waals surface area contributed by atoms with Crippen LogP contribution in [0.3, 0.4) is 0 Å². The first-order chi connectivity index (χ1) is 9.93. The van der Waals surface area contributed by atoms with Gasteiger partial charge >= 0.3 is 5.97 Å². The minimum Gasteiger partial charge on any atom is -0.480 e. The zero-order chi connectivity index (χ0) is 15.6. The van der Waals surface area contributed by atoms with E-state index >= 15 is 0 Å². The van der Waals surface area contributed by atoms with Crippen LogP contribution in [0.2, 0.25) is 0 Å². The third kappa shape index (κ3) is 3.00. The van der Waals surface area contributed by atoms with Gasteiger partial charge in [-0.2, -0.15) is 0 Å². The van der Waals surface area contributed by atoms with E-state index in [1.807, 2.05) is 0 Å². The molecule has 0 aliphatic carbocycles. The van der Waals surface area contributed by atoms with Gasteiger partial charge < -0.3 is 20.1 Å². The molecule has 0 saturated heterocycles. The van der Waals surface area contributed by atoms with Crippen molar-refractivity contribution < 1.29 is 24.3 Å². The number of aliphatic hydroxyl groups excluding tert-OH is 1. The van der Waals surface area contributed by atoms with Crippen LogP contribution in [-0.4, -0.2) is 44.9 Å². The van der Waals surface area contributed by atoms with Crippen molar-refractivity contribution in [2.45, 2.75) is 26.3 Å². The number of hydrogen-bond donors (Lipinski definition) is 3. The molecule has 2 rings (SSSR count). The molecule has 0 bridgehead atoms. The quantitative estimate of drug-likeness (QED) is 0.728. The number of carboxylic acid groups (broad SMARTS) is 1. The number of aliphatic carboxylic acids is 1. The summed E-state index contributed by atoms with van der Waals surface area (Å²) in [5.74, 6) is -1.78. The minimum absolute atomic E-state index is 0.0725. The van der Waals surface area contributed by atoms with Crippen molar-refractivity contribution in [1.82, 2.24) is 15.5 Å². The van der Waals surface area contributed by atoms with Gasteiger partial charge in [0.05, 0.1) is 16.6 Å². The maximum Gasteiger partial charge on any atom is 0.326 e. The van der Waals surface area contributed by atoms with Crippen molar-refractivity contribution in [3.63, 3.8) is 0 Å². The fourth-order valence-electron chi connectivity index (χ4n) is 2.02. The van der Waals surface area contributed by atoms with Crippen LogP contribution in [0, 0.1) is 13.8 Å². The summed E-state index contributed by atoms with van der Waals surface area (Å²) >= 11 is 0. The second-order valence-electron chi connectivity index (χ2n) is 4.64. The highest BCUT2D eigenvalue weighted by Gasteiger charge is 2.23. The molecule has 8 nitrogen and oxygen atoms in total. The summed E-state index contributed by atoms with van der Waals surface area (Å²) in [5, 5.41) is 24.4. The number of carbonyl (C=O) groups excluding carboxylic acids is 1. The van der Waals surface area contributed by atoms with E-state index in [1.165, 1.54) is 0 Å². The Balaban J connectivity index is 2.39. The summed E-state index contributed by atoms with van der Waals surface area (Å²) in [6.45, 7) is 3.02. The average molecular weight is 293 g/mol. The molecule has 3 N–H and O–H groups in total. The molecule has 0 aliphatic rings. The van der Waals surface area contributed by atoms with Gasteiger partial charge in [-0.15, -0.1) is 0 Å². The lowest BCUT2D eigenvalue weighted by molar-refractivity contribution is -0.139. The summed E-state index contributed by atoms with van der Waals surface area (Å²) < 4.78 is 5.02. The van der Waals surface area contributed by atoms with Crippen molar-refractivity contribution >= 4 is 23.0 Å². The van der Waals surface area contributed by atoms with Crippen molar-refractivity contribution in [2.75, 3.05) is 6.61 Å². The molecule has 0 spiro atoms. The van der Waals surface area contributed by atoms with Gasteiger partial charge in [0.25, 0.3) is 11.6 Å². The van der Waals surface area contributed by atoms with Crippen molar-refractivity contribution in [2.24, 2.45) is 0 Å². The number of hydrogen-bond acceptors (Lipinski definition) is 6. The number of aromatic nitrogens is 2. The molecular formula is C13H15N3O5. The number of fused-ring (bicyclic) bond motifs is 1. The van der Waals surface area contributed by atoms with Crippen LogP contribution < -0.4 is 5.32 Å². The first-order valence-corrected chi connectivity index (χ1v) is 6.32. The van der Waals surface area contributed by atoms with E-state index < -0.39 is 17.9 Å². The number of carbonyl (C=O) groups is 2. The number of pyridine rings is 1. The molecule has 0 fully saturated rings. The van der Waals surface area contributed by atoms with Gasteiger partial charge in [0.15, 0.2) is 0 Å². The normalized spacial score (nSPS) is 12.3. The lowest BCUT2D eigenvalue weighted by atomic mass is 10.1. The Morgan fingerprint density at radius 3 is 2.76 bits per heavy atom. The Hall–Kier alpha value is -2.48. The third-order valence-electron chi connectivity index (χ3n) is 3.01. The van der Waals surface area contributed by atoms with E-state index in [0.29, 0.717) is 16.8 Å². The lowest BCUT2D eigenvalue weighted by Gasteiger charge is -2.13. The van der Waals surface area contributed by atoms with Crippen LogP contribution >= 0.6 is 0 Å². The molecule has 2 aromatic rings. The molecule has 112 valence electrons. The van der Waals surface area contributed by atoms with E-state index in [4.69, 9.17) is 14.7 Å². The van der Waals surface area contributed by atoms with Gasteiger partial charge in [-0.05, 0) is 19.9 Å². The monoisotopic (exact) mass is 293 g/mol. The molecule has 0 saturated carbocycles. The van der Waals surface area contributed by atoms with Crippen LogP contribution in [0.4, 0.5) is 0 Å². The highest BCUT2D eigenvalue weighted by Crippen LogP contribution is 2.21. The summed E-state index contributed by atoms with van der Waals surface area (Å²) in [7, 11) is 0. The first-order valence-electron chi connectivity index (χ1n) is 6.32. The zero-order valence-electron chi connectivity index (χ0n) is 11.6. The summed E-state index contributed by atoms with van der Waals surface area (Å²) in [4.78, 5) is 27.5. The lowest BCUT2D eigenvalue weighted by Crippen LogP contribution is -2.41. The Bertz CT molecular complexity index is 694. The maximum atomic E-state index is 12.3. The van der Waals surface area contributed by atoms with E-state index in [2.05, 4.69) is 15.5 Å². The largest absolute Gasteiger partial charge is 0.480 e. The Kier molecular flexibility index (Phi) is 4.18. The third-order valence-corrected chi connectivity index (χ3v) is 3.01. The molecule has 1 amide bonds. The molecule has 0 aliphatic heterocycles. The number of aliphatic hydroxyl groups is 1. The van der Waals surface area contributed by atoms with Crippen LogP contribution in [0.15, 0.2) is 10.6 Å². The van der Waals surface area contributed by atoms with E-state index in [1.54, 1.807) is 19.9 Å². The van der Waals surface area contributed by atoms with Gasteiger partial charge in [0.1, 0.15) is 6.04 Å². The zero-order valence-corrected chi connectivity index (χ0v) is 11.6. The predicted octanol–water partition coefficient (Wildman–Crippen LogP) is 0.405. The van der Waals surface area contributed by atoms with Gasteiger partial charge in [-0.1, -0.05) is 5.16 Å². The molecule has 0 aromatic carbocycles. The Labute approximate surface area is 119 Å². The maximum absolute atomic E-state index is 12.3. The average Bonchev–Trinajstić information content (AvgIpc) is 2.78. The molecule has 0 radical (unpaired) electrons. The van der Waals surface area contributed by atoms with Gasteiger partial charge in [0.2, 0.25) is 0 Å². The SMILES string of the molecule is Cc1cc(C(=O)N[C@H](CCO)C(=O)O)c2c(C)noc2n1. The van der Waals surface area contributed by atoms with E-state index in [9.17, 15) is 9.59 Å². The van der Waals surface area contributed by atoms with Crippen LogP contribution in [-0.2, 0) is 4.79 Å². The second-order valence-corrected chi connectivity index (χ2v) is 4.64. The molecule has 1 atom stereocenters. The molecule has 8 heteroatoms. The molecule has 2 heterocycles. The van der Waals surface area contributed by atoms with E-state index in [0.717, 1.165) is 0 Å². The molecule has 2 aromatic heterocycles. The number of nitrogens with one attached hydrogen (secondary N) is 1. The fraction of sp³-hybridized carbons (Fsp3) is 0.385. The molecule has 21 heavy (non-hydrogen) atoms. The number of aryl methyl sites for hydroxylation is 2. The van der Waals surface area contributed by atoms with Crippen molar-refractivity contribution in [3.8, 4) is 0 Å². The fourth-order valence-corrected chi connectivity index (χ4v) is 2.02. The highest BCUT2D eigenvalue weighted by molar-refractivity contribution is 6.07. The van der Waals surface area contributed by atoms with Gasteiger partial charge in [-0.3, -0.25) is 4.79 Å². The number of rotatable bonds is 5. The Morgan fingerprint density at radius 2 is 2.14 bits per heavy atom. The first kappa shape index (κ1) is 14.9. The van der Waals surface area contributed by atoms with E-state index in [-0.39, 0.29) is 24.3 Å². The summed E-state index contributed by atoms with van der Waals surface area (Å²) in [6.07, 6.45) is -0.0725. The van der Waals surface area contributed by atoms with Crippen LogP contribution in [0.1, 0.15) is 28.2 Å². The van der Waals surface area contributed by atoms with Gasteiger partial charge in [-0.25, -0.2) is 9.78 Å². The molecule has 0 unspecified atom stereocenters. The number of nitrogens with zero attached hydrogens (tertiary/aromatic N) is 2. The van der Waals surface area contributed by atoms with Crippen molar-refractivity contribution in [1.29, 1.82) is 0 Å². The van der Waals surface area contributed by atoms with Crippen molar-refractivity contribution in [3.05, 3.63) is 23.0 Å². The molecular weight excluding hydrogens is 278 g/mol. The summed E-state index contributed by atoms with van der Waals surface area (Å²) in [6, 6.07) is 0.380. The standard InChI is InChI=1S/C13H15N3O5/c1-6-5-8(10-7(2)16-21-12(10)14-6)11(18)15-9(3-4-17)13(19)20/h5,9,17H,3-4H2,1-2H3,(H,15,18)(H,19,20)/t9-/m1/s1. The smallest absolute Gasteiger partial charge is 0.326 e. The summed E-state index contributed by atoms with van der Waals surface area (Å²) in [5.41, 5.74) is 1.53. The second kappa shape index (κ2) is 5.88. The predicted molar refractivity (Wildman–Crippen MR) is 71.9 cm³/mol. The van der Waals surface area contributed by atoms with Gasteiger partial charge in [0, 0.05) is 18.7 Å². The van der Waals surface area contributed by atoms with Crippen LogP contribution in [0.5, 0.6) is 0 Å².